The number of halogens is 1. The number of carbonyl (C=O) groups excluding carboxylic acids is 1. The number of nitriles is 1. The highest BCUT2D eigenvalue weighted by Gasteiger charge is 2.05. The Morgan fingerprint density at radius 3 is 2.62 bits per heavy atom. The summed E-state index contributed by atoms with van der Waals surface area (Å²) in [5.74, 6) is -0.168. The normalized spacial score (nSPS) is 9.76. The summed E-state index contributed by atoms with van der Waals surface area (Å²) in [5.41, 5.74) is 3.00. The van der Waals surface area contributed by atoms with E-state index in [0.717, 1.165) is 11.3 Å². The minimum absolute atomic E-state index is 0.123. The van der Waals surface area contributed by atoms with Gasteiger partial charge in [-0.1, -0.05) is 17.7 Å². The highest BCUT2D eigenvalue weighted by atomic mass is 35.5. The maximum Gasteiger partial charge on any atom is 0.243 e. The Hall–Kier alpha value is -2.51. The number of anilines is 2. The Morgan fingerprint density at radius 1 is 1.24 bits per heavy atom. The SMILES string of the molecule is Cc1ccc(C#N)cc1NCC(=O)Nc1ccc(Cl)cc1. The monoisotopic (exact) mass is 299 g/mol. The predicted octanol–water partition coefficient (Wildman–Crippen LogP) is 3.57. The van der Waals surface area contributed by atoms with Crippen molar-refractivity contribution in [2.45, 2.75) is 6.92 Å². The lowest BCUT2D eigenvalue weighted by Gasteiger charge is -2.10. The van der Waals surface area contributed by atoms with Crippen LogP contribution in [0.4, 0.5) is 11.4 Å². The summed E-state index contributed by atoms with van der Waals surface area (Å²) >= 11 is 5.78. The second-order valence-electron chi connectivity index (χ2n) is 4.55. The summed E-state index contributed by atoms with van der Waals surface area (Å²) in [6.45, 7) is 2.04. The van der Waals surface area contributed by atoms with Crippen molar-refractivity contribution in [2.24, 2.45) is 0 Å². The van der Waals surface area contributed by atoms with E-state index in [-0.39, 0.29) is 12.5 Å². The molecule has 0 fully saturated rings. The van der Waals surface area contributed by atoms with Crippen molar-refractivity contribution < 1.29 is 4.79 Å². The van der Waals surface area contributed by atoms with Gasteiger partial charge >= 0.3 is 0 Å². The smallest absolute Gasteiger partial charge is 0.243 e. The molecule has 2 aromatic carbocycles. The zero-order valence-electron chi connectivity index (χ0n) is 11.5. The Bertz CT molecular complexity index is 690. The number of nitrogens with one attached hydrogen (secondary N) is 2. The van der Waals surface area contributed by atoms with Gasteiger partial charge in [0.25, 0.3) is 0 Å². The molecule has 2 N–H and O–H groups in total. The second-order valence-corrected chi connectivity index (χ2v) is 4.99. The molecule has 0 saturated heterocycles. The van der Waals surface area contributed by atoms with Gasteiger partial charge in [0.05, 0.1) is 18.2 Å². The van der Waals surface area contributed by atoms with Crippen molar-refractivity contribution in [3.8, 4) is 6.07 Å². The van der Waals surface area contributed by atoms with Crippen molar-refractivity contribution in [2.75, 3.05) is 17.2 Å². The molecule has 0 radical (unpaired) electrons. The van der Waals surface area contributed by atoms with Gasteiger partial charge in [-0.15, -0.1) is 0 Å². The lowest BCUT2D eigenvalue weighted by atomic mass is 10.1. The van der Waals surface area contributed by atoms with Crippen LogP contribution in [-0.4, -0.2) is 12.5 Å². The van der Waals surface area contributed by atoms with E-state index in [0.29, 0.717) is 16.3 Å². The first-order chi connectivity index (χ1) is 10.1. The molecule has 106 valence electrons. The lowest BCUT2D eigenvalue weighted by Crippen LogP contribution is -2.22. The molecular formula is C16H14ClN3O. The maximum atomic E-state index is 11.9. The fourth-order valence-corrected chi connectivity index (χ4v) is 1.92. The quantitative estimate of drug-likeness (QED) is 0.907. The summed E-state index contributed by atoms with van der Waals surface area (Å²) in [6, 6.07) is 14.3. The van der Waals surface area contributed by atoms with Gasteiger partial charge in [-0.05, 0) is 48.9 Å². The first-order valence-electron chi connectivity index (χ1n) is 6.38. The van der Waals surface area contributed by atoms with Crippen LogP contribution in [0.15, 0.2) is 42.5 Å². The first kappa shape index (κ1) is 14.9. The van der Waals surface area contributed by atoms with Crippen molar-refractivity contribution in [1.29, 1.82) is 5.26 Å². The lowest BCUT2D eigenvalue weighted by molar-refractivity contribution is -0.114. The van der Waals surface area contributed by atoms with E-state index in [9.17, 15) is 4.79 Å². The van der Waals surface area contributed by atoms with Crippen LogP contribution in [0.5, 0.6) is 0 Å². The van der Waals surface area contributed by atoms with Gasteiger partial charge in [0.15, 0.2) is 0 Å². The van der Waals surface area contributed by atoms with Gasteiger partial charge in [0.2, 0.25) is 5.91 Å². The summed E-state index contributed by atoms with van der Waals surface area (Å²) in [5, 5.41) is 15.3. The highest BCUT2D eigenvalue weighted by molar-refractivity contribution is 6.30. The van der Waals surface area contributed by atoms with Crippen molar-refractivity contribution in [3.05, 3.63) is 58.6 Å². The molecule has 0 aromatic heterocycles. The third-order valence-corrected chi connectivity index (χ3v) is 3.19. The van der Waals surface area contributed by atoms with Crippen molar-refractivity contribution in [1.82, 2.24) is 0 Å². The van der Waals surface area contributed by atoms with Crippen LogP contribution in [0.3, 0.4) is 0 Å². The molecule has 0 bridgehead atoms. The second kappa shape index (κ2) is 6.78. The molecule has 0 aliphatic carbocycles. The predicted molar refractivity (Wildman–Crippen MR) is 84.5 cm³/mol. The number of aryl methyl sites for hydroxylation is 1. The van der Waals surface area contributed by atoms with Crippen LogP contribution in [0.25, 0.3) is 0 Å². The molecule has 4 nitrogen and oxygen atoms in total. The van der Waals surface area contributed by atoms with Crippen LogP contribution in [0, 0.1) is 18.3 Å². The fraction of sp³-hybridized carbons (Fsp3) is 0.125. The van der Waals surface area contributed by atoms with E-state index in [4.69, 9.17) is 16.9 Å². The molecule has 0 unspecified atom stereocenters. The van der Waals surface area contributed by atoms with E-state index < -0.39 is 0 Å². The van der Waals surface area contributed by atoms with Gasteiger partial charge in [0.1, 0.15) is 0 Å². The average molecular weight is 300 g/mol. The standard InChI is InChI=1S/C16H14ClN3O/c1-11-2-3-12(9-18)8-15(11)19-10-16(21)20-14-6-4-13(17)5-7-14/h2-8,19H,10H2,1H3,(H,20,21). The van der Waals surface area contributed by atoms with Gasteiger partial charge in [-0.25, -0.2) is 0 Å². The molecule has 21 heavy (non-hydrogen) atoms. The summed E-state index contributed by atoms with van der Waals surface area (Å²) in [6.07, 6.45) is 0. The average Bonchev–Trinajstić information content (AvgIpc) is 2.49. The molecule has 2 rings (SSSR count). The van der Waals surface area contributed by atoms with E-state index in [2.05, 4.69) is 16.7 Å². The Morgan fingerprint density at radius 2 is 1.95 bits per heavy atom. The molecular weight excluding hydrogens is 286 g/mol. The van der Waals surface area contributed by atoms with E-state index >= 15 is 0 Å². The van der Waals surface area contributed by atoms with E-state index in [1.54, 1.807) is 36.4 Å². The number of rotatable bonds is 4. The molecule has 1 amide bonds. The summed E-state index contributed by atoms with van der Waals surface area (Å²) in [4.78, 5) is 11.9. The highest BCUT2D eigenvalue weighted by Crippen LogP contribution is 2.16. The molecule has 2 aromatic rings. The van der Waals surface area contributed by atoms with Crippen molar-refractivity contribution >= 4 is 28.9 Å². The Labute approximate surface area is 128 Å². The third kappa shape index (κ3) is 4.23. The number of hydrogen-bond acceptors (Lipinski definition) is 3. The molecule has 0 atom stereocenters. The van der Waals surface area contributed by atoms with Crippen LogP contribution in [0.2, 0.25) is 5.02 Å². The molecule has 0 saturated carbocycles. The van der Waals surface area contributed by atoms with Crippen LogP contribution in [-0.2, 0) is 4.79 Å². The Balaban J connectivity index is 1.95. The van der Waals surface area contributed by atoms with Crippen LogP contribution >= 0.6 is 11.6 Å². The topological polar surface area (TPSA) is 64.9 Å². The van der Waals surface area contributed by atoms with Gasteiger partial charge < -0.3 is 10.6 Å². The third-order valence-electron chi connectivity index (χ3n) is 2.93. The zero-order chi connectivity index (χ0) is 15.2. The molecule has 5 heteroatoms. The number of amides is 1. The van der Waals surface area contributed by atoms with Gasteiger partial charge in [0, 0.05) is 16.4 Å². The summed E-state index contributed by atoms with van der Waals surface area (Å²) < 4.78 is 0. The minimum Gasteiger partial charge on any atom is -0.376 e. The van der Waals surface area contributed by atoms with Gasteiger partial charge in [-0.3, -0.25) is 4.79 Å². The van der Waals surface area contributed by atoms with Crippen LogP contribution < -0.4 is 10.6 Å². The van der Waals surface area contributed by atoms with Crippen LogP contribution in [0.1, 0.15) is 11.1 Å². The number of carbonyl (C=O) groups is 1. The number of nitrogens with zero attached hydrogens (tertiary/aromatic N) is 1. The number of benzene rings is 2. The minimum atomic E-state index is -0.168. The first-order valence-corrected chi connectivity index (χ1v) is 6.76. The summed E-state index contributed by atoms with van der Waals surface area (Å²) in [7, 11) is 0. The zero-order valence-corrected chi connectivity index (χ0v) is 12.2. The number of hydrogen-bond donors (Lipinski definition) is 2. The van der Waals surface area contributed by atoms with E-state index in [1.807, 2.05) is 13.0 Å². The molecule has 0 aliphatic rings. The Kier molecular flexibility index (Phi) is 4.81. The molecule has 0 spiro atoms. The maximum absolute atomic E-state index is 11.9. The van der Waals surface area contributed by atoms with Gasteiger partial charge in [-0.2, -0.15) is 5.26 Å². The largest absolute Gasteiger partial charge is 0.376 e. The molecule has 0 aliphatic heterocycles. The van der Waals surface area contributed by atoms with E-state index in [1.165, 1.54) is 0 Å². The van der Waals surface area contributed by atoms with Crippen molar-refractivity contribution in [3.63, 3.8) is 0 Å². The fourth-order valence-electron chi connectivity index (χ4n) is 1.80. The molecule has 0 heterocycles.